The lowest BCUT2D eigenvalue weighted by atomic mass is 10.1. The fraction of sp³-hybridized carbons (Fsp3) is 0.312. The van der Waals surface area contributed by atoms with Crippen LogP contribution < -0.4 is 10.6 Å². The molecule has 0 fully saturated rings. The van der Waals surface area contributed by atoms with Crippen LogP contribution >= 0.6 is 35.3 Å². The summed E-state index contributed by atoms with van der Waals surface area (Å²) in [6, 6.07) is 12.6. The number of aryl methyl sites for hydroxylation is 1. The zero-order valence-electron chi connectivity index (χ0n) is 12.4. The van der Waals surface area contributed by atoms with Crippen molar-refractivity contribution in [1.29, 1.82) is 0 Å². The van der Waals surface area contributed by atoms with Crippen LogP contribution in [0.2, 0.25) is 0 Å². The third-order valence-electron chi connectivity index (χ3n) is 3.02. The predicted molar refractivity (Wildman–Crippen MR) is 103 cm³/mol. The summed E-state index contributed by atoms with van der Waals surface area (Å²) in [6.07, 6.45) is 0. The molecule has 0 spiro atoms. The molecular weight excluding hydrogens is 393 g/mol. The van der Waals surface area contributed by atoms with Gasteiger partial charge in [-0.25, -0.2) is 4.99 Å². The van der Waals surface area contributed by atoms with Crippen molar-refractivity contribution in [3.63, 3.8) is 0 Å². The number of aliphatic imine (C=N–C) groups is 1. The van der Waals surface area contributed by atoms with Gasteiger partial charge in [0.2, 0.25) is 0 Å². The maximum absolute atomic E-state index is 4.64. The predicted octanol–water partition coefficient (Wildman–Crippen LogP) is 3.93. The van der Waals surface area contributed by atoms with Gasteiger partial charge in [-0.1, -0.05) is 30.3 Å². The molecule has 114 valence electrons. The minimum Gasteiger partial charge on any atom is -0.357 e. The van der Waals surface area contributed by atoms with Crippen molar-refractivity contribution in [2.45, 2.75) is 26.9 Å². The van der Waals surface area contributed by atoms with Crippen molar-refractivity contribution in [3.8, 4) is 0 Å². The number of nitrogens with one attached hydrogen (secondary N) is 2. The van der Waals surface area contributed by atoms with Crippen LogP contribution in [0.25, 0.3) is 0 Å². The van der Waals surface area contributed by atoms with E-state index in [1.807, 2.05) is 0 Å². The van der Waals surface area contributed by atoms with Gasteiger partial charge in [-0.05, 0) is 36.4 Å². The van der Waals surface area contributed by atoms with Crippen molar-refractivity contribution >= 4 is 41.3 Å². The van der Waals surface area contributed by atoms with Gasteiger partial charge < -0.3 is 10.6 Å². The summed E-state index contributed by atoms with van der Waals surface area (Å²) in [6.45, 7) is 6.58. The van der Waals surface area contributed by atoms with Crippen molar-refractivity contribution in [1.82, 2.24) is 10.6 Å². The van der Waals surface area contributed by atoms with E-state index in [1.165, 1.54) is 16.0 Å². The van der Waals surface area contributed by atoms with E-state index >= 15 is 0 Å². The van der Waals surface area contributed by atoms with E-state index < -0.39 is 0 Å². The second-order valence-corrected chi connectivity index (χ2v) is 5.59. The third-order valence-corrected chi connectivity index (χ3v) is 3.90. The Kier molecular flexibility index (Phi) is 8.37. The zero-order chi connectivity index (χ0) is 14.2. The van der Waals surface area contributed by atoms with Gasteiger partial charge in [-0.2, -0.15) is 0 Å². The van der Waals surface area contributed by atoms with Gasteiger partial charge in [-0.15, -0.1) is 35.3 Å². The smallest absolute Gasteiger partial charge is 0.191 e. The number of hydrogen-bond donors (Lipinski definition) is 2. The fourth-order valence-electron chi connectivity index (χ4n) is 1.88. The third kappa shape index (κ3) is 6.05. The number of guanidine groups is 1. The highest BCUT2D eigenvalue weighted by Crippen LogP contribution is 2.09. The van der Waals surface area contributed by atoms with Crippen LogP contribution in [0.3, 0.4) is 0 Å². The Morgan fingerprint density at radius 1 is 1.14 bits per heavy atom. The molecular formula is C16H22IN3S. The Bertz CT molecular complexity index is 552. The first-order chi connectivity index (χ1) is 9.79. The van der Waals surface area contributed by atoms with Gasteiger partial charge in [-0.3, -0.25) is 0 Å². The molecule has 0 unspecified atom stereocenters. The lowest BCUT2D eigenvalue weighted by molar-refractivity contribution is 0.822. The Hall–Kier alpha value is -1.08. The van der Waals surface area contributed by atoms with Gasteiger partial charge in [0.15, 0.2) is 5.96 Å². The molecule has 0 amide bonds. The van der Waals surface area contributed by atoms with Crippen LogP contribution in [0.5, 0.6) is 0 Å². The van der Waals surface area contributed by atoms with Crippen LogP contribution in [-0.4, -0.2) is 12.5 Å². The van der Waals surface area contributed by atoms with E-state index in [0.717, 1.165) is 19.0 Å². The highest BCUT2D eigenvalue weighted by atomic mass is 127. The van der Waals surface area contributed by atoms with Crippen molar-refractivity contribution < 1.29 is 0 Å². The van der Waals surface area contributed by atoms with E-state index in [0.29, 0.717) is 6.54 Å². The van der Waals surface area contributed by atoms with E-state index in [-0.39, 0.29) is 24.0 Å². The monoisotopic (exact) mass is 415 g/mol. The molecule has 5 heteroatoms. The molecule has 0 atom stereocenters. The van der Waals surface area contributed by atoms with Crippen LogP contribution in [0.4, 0.5) is 0 Å². The number of hydrogen-bond acceptors (Lipinski definition) is 2. The molecule has 0 aliphatic rings. The first-order valence-electron chi connectivity index (χ1n) is 6.88. The molecule has 0 aliphatic carbocycles. The number of rotatable bonds is 5. The molecule has 1 aromatic carbocycles. The standard InChI is InChI=1S/C16H21N3S.HI/c1-3-17-16(19-12-15-9-6-10-20-15)18-11-14-8-5-4-7-13(14)2;/h4-10H,3,11-12H2,1-2H3,(H2,17,18,19);1H. The van der Waals surface area contributed by atoms with E-state index in [2.05, 4.69) is 71.3 Å². The number of halogens is 1. The fourth-order valence-corrected chi connectivity index (χ4v) is 2.52. The molecule has 0 saturated heterocycles. The van der Waals surface area contributed by atoms with Crippen LogP contribution in [0, 0.1) is 6.92 Å². The summed E-state index contributed by atoms with van der Waals surface area (Å²) >= 11 is 1.75. The largest absolute Gasteiger partial charge is 0.357 e. The molecule has 0 saturated carbocycles. The quantitative estimate of drug-likeness (QED) is 0.441. The van der Waals surface area contributed by atoms with Gasteiger partial charge in [0, 0.05) is 11.4 Å². The second kappa shape index (κ2) is 9.78. The highest BCUT2D eigenvalue weighted by Gasteiger charge is 2.00. The molecule has 21 heavy (non-hydrogen) atoms. The number of nitrogens with zero attached hydrogens (tertiary/aromatic N) is 1. The lowest BCUT2D eigenvalue weighted by Gasteiger charge is -2.11. The number of thiophene rings is 1. The van der Waals surface area contributed by atoms with Gasteiger partial charge in [0.05, 0.1) is 13.1 Å². The van der Waals surface area contributed by atoms with Crippen molar-refractivity contribution in [2.75, 3.05) is 6.54 Å². The normalized spacial score (nSPS) is 10.9. The van der Waals surface area contributed by atoms with E-state index in [9.17, 15) is 0 Å². The van der Waals surface area contributed by atoms with Gasteiger partial charge in [0.25, 0.3) is 0 Å². The lowest BCUT2D eigenvalue weighted by Crippen LogP contribution is -2.36. The minimum absolute atomic E-state index is 0. The first-order valence-corrected chi connectivity index (χ1v) is 7.76. The van der Waals surface area contributed by atoms with Crippen molar-refractivity contribution in [3.05, 3.63) is 57.8 Å². The van der Waals surface area contributed by atoms with Crippen molar-refractivity contribution in [2.24, 2.45) is 4.99 Å². The average Bonchev–Trinajstić information content (AvgIpc) is 2.97. The maximum atomic E-state index is 4.64. The zero-order valence-corrected chi connectivity index (χ0v) is 15.6. The Balaban J connectivity index is 0.00000220. The Morgan fingerprint density at radius 2 is 1.95 bits per heavy atom. The van der Waals surface area contributed by atoms with Gasteiger partial charge in [0.1, 0.15) is 0 Å². The summed E-state index contributed by atoms with van der Waals surface area (Å²) in [5, 5.41) is 8.73. The Labute approximate surface area is 147 Å². The summed E-state index contributed by atoms with van der Waals surface area (Å²) < 4.78 is 0. The molecule has 3 nitrogen and oxygen atoms in total. The maximum Gasteiger partial charge on any atom is 0.191 e. The topological polar surface area (TPSA) is 36.4 Å². The van der Waals surface area contributed by atoms with Gasteiger partial charge >= 0.3 is 0 Å². The van der Waals surface area contributed by atoms with Crippen LogP contribution in [0.15, 0.2) is 46.8 Å². The second-order valence-electron chi connectivity index (χ2n) is 4.55. The molecule has 2 N–H and O–H groups in total. The minimum atomic E-state index is 0. The molecule has 2 aromatic rings. The SMILES string of the molecule is CCNC(=NCc1ccccc1C)NCc1cccs1.I. The molecule has 1 heterocycles. The van der Waals surface area contributed by atoms with E-state index in [4.69, 9.17) is 0 Å². The summed E-state index contributed by atoms with van der Waals surface area (Å²) in [5.41, 5.74) is 2.55. The highest BCUT2D eigenvalue weighted by molar-refractivity contribution is 14.0. The molecule has 2 rings (SSSR count). The average molecular weight is 415 g/mol. The number of benzene rings is 1. The van der Waals surface area contributed by atoms with Crippen LogP contribution in [-0.2, 0) is 13.1 Å². The summed E-state index contributed by atoms with van der Waals surface area (Å²) in [4.78, 5) is 5.95. The molecule has 0 aliphatic heterocycles. The molecule has 0 radical (unpaired) electrons. The first kappa shape index (κ1) is 18.0. The summed E-state index contributed by atoms with van der Waals surface area (Å²) in [7, 11) is 0. The molecule has 1 aromatic heterocycles. The van der Waals surface area contributed by atoms with Crippen LogP contribution in [0.1, 0.15) is 22.9 Å². The summed E-state index contributed by atoms with van der Waals surface area (Å²) in [5.74, 6) is 0.865. The Morgan fingerprint density at radius 3 is 2.62 bits per heavy atom. The molecule has 0 bridgehead atoms. The van der Waals surface area contributed by atoms with E-state index in [1.54, 1.807) is 11.3 Å².